The highest BCUT2D eigenvalue weighted by Gasteiger charge is 2.15. The second-order valence-corrected chi connectivity index (χ2v) is 6.58. The molecule has 0 unspecified atom stereocenters. The summed E-state index contributed by atoms with van der Waals surface area (Å²) in [6, 6.07) is 17.9. The molecule has 1 fully saturated rings. The van der Waals surface area contributed by atoms with Crippen LogP contribution in [0.5, 0.6) is 5.75 Å². The molecule has 0 spiro atoms. The van der Waals surface area contributed by atoms with E-state index < -0.39 is 0 Å². The number of anilines is 5. The van der Waals surface area contributed by atoms with Gasteiger partial charge in [-0.1, -0.05) is 24.3 Å². The summed E-state index contributed by atoms with van der Waals surface area (Å²) >= 11 is 0. The molecule has 1 saturated heterocycles. The lowest BCUT2D eigenvalue weighted by Crippen LogP contribution is -2.36. The van der Waals surface area contributed by atoms with E-state index in [2.05, 4.69) is 37.6 Å². The van der Waals surface area contributed by atoms with Crippen LogP contribution in [0.3, 0.4) is 0 Å². The minimum Gasteiger partial charge on any atom is -0.492 e. The van der Waals surface area contributed by atoms with E-state index >= 15 is 0 Å². The van der Waals surface area contributed by atoms with Gasteiger partial charge >= 0.3 is 0 Å². The molecular weight excluding hydrogens is 366 g/mol. The molecule has 0 radical (unpaired) electrons. The van der Waals surface area contributed by atoms with Gasteiger partial charge in [-0.3, -0.25) is 0 Å². The molecule has 1 aromatic heterocycles. The number of morpholine rings is 1. The van der Waals surface area contributed by atoms with Crippen LogP contribution in [0.15, 0.2) is 60.9 Å². The number of rotatable bonds is 7. The fraction of sp³-hybridized carbons (Fsp3) is 0.273. The van der Waals surface area contributed by atoms with E-state index in [1.54, 1.807) is 6.33 Å². The summed E-state index contributed by atoms with van der Waals surface area (Å²) in [4.78, 5) is 11.1. The van der Waals surface area contributed by atoms with E-state index in [0.717, 1.165) is 54.9 Å². The van der Waals surface area contributed by atoms with Crippen molar-refractivity contribution in [2.45, 2.75) is 6.92 Å². The number of nitrogens with one attached hydrogen (secondary N) is 2. The third-order valence-corrected chi connectivity index (χ3v) is 4.64. The molecule has 0 saturated carbocycles. The summed E-state index contributed by atoms with van der Waals surface area (Å²) in [6.45, 7) is 5.82. The second-order valence-electron chi connectivity index (χ2n) is 6.58. The molecule has 7 nitrogen and oxygen atoms in total. The third-order valence-electron chi connectivity index (χ3n) is 4.64. The molecule has 4 rings (SSSR count). The first-order chi connectivity index (χ1) is 14.3. The Bertz CT molecular complexity index is 944. The van der Waals surface area contributed by atoms with E-state index in [0.29, 0.717) is 12.4 Å². The minimum absolute atomic E-state index is 0.605. The van der Waals surface area contributed by atoms with Crippen LogP contribution < -0.4 is 20.3 Å². The second kappa shape index (κ2) is 9.25. The van der Waals surface area contributed by atoms with Gasteiger partial charge in [-0.25, -0.2) is 9.97 Å². The average Bonchev–Trinajstić information content (AvgIpc) is 2.77. The van der Waals surface area contributed by atoms with Crippen molar-refractivity contribution in [2.24, 2.45) is 0 Å². The Balaban J connectivity index is 1.53. The predicted molar refractivity (Wildman–Crippen MR) is 116 cm³/mol. The first kappa shape index (κ1) is 19.0. The zero-order valence-corrected chi connectivity index (χ0v) is 16.5. The van der Waals surface area contributed by atoms with Gasteiger partial charge in [0.25, 0.3) is 0 Å². The highest BCUT2D eigenvalue weighted by molar-refractivity contribution is 5.75. The largest absolute Gasteiger partial charge is 0.492 e. The highest BCUT2D eigenvalue weighted by Crippen LogP contribution is 2.30. The Labute approximate surface area is 170 Å². The average molecular weight is 391 g/mol. The lowest BCUT2D eigenvalue weighted by atomic mass is 10.2. The number of nitrogens with zero attached hydrogens (tertiary/aromatic N) is 3. The fourth-order valence-electron chi connectivity index (χ4n) is 3.28. The minimum atomic E-state index is 0.605. The van der Waals surface area contributed by atoms with Crippen molar-refractivity contribution in [1.82, 2.24) is 9.97 Å². The Hall–Kier alpha value is -3.32. The van der Waals surface area contributed by atoms with Gasteiger partial charge < -0.3 is 25.0 Å². The Kier molecular flexibility index (Phi) is 6.07. The van der Waals surface area contributed by atoms with Gasteiger partial charge in [-0.05, 0) is 31.2 Å². The zero-order chi connectivity index (χ0) is 19.9. The van der Waals surface area contributed by atoms with Gasteiger partial charge in [0.2, 0.25) is 0 Å². The molecule has 2 N–H and O–H groups in total. The van der Waals surface area contributed by atoms with Crippen molar-refractivity contribution in [3.8, 4) is 5.75 Å². The van der Waals surface area contributed by atoms with Crippen molar-refractivity contribution < 1.29 is 9.47 Å². The topological polar surface area (TPSA) is 71.5 Å². The van der Waals surface area contributed by atoms with E-state index in [1.165, 1.54) is 0 Å². The molecule has 0 amide bonds. The molecule has 2 heterocycles. The first-order valence-corrected chi connectivity index (χ1v) is 9.83. The quantitative estimate of drug-likeness (QED) is 0.625. The molecule has 150 valence electrons. The molecule has 1 aliphatic heterocycles. The van der Waals surface area contributed by atoms with Gasteiger partial charge in [0.05, 0.1) is 36.9 Å². The van der Waals surface area contributed by atoms with Gasteiger partial charge in [0.1, 0.15) is 23.7 Å². The molecule has 0 atom stereocenters. The molecule has 0 aliphatic carbocycles. The normalized spacial score (nSPS) is 13.8. The lowest BCUT2D eigenvalue weighted by Gasteiger charge is -2.30. The van der Waals surface area contributed by atoms with Crippen LogP contribution in [-0.4, -0.2) is 42.9 Å². The smallest absolute Gasteiger partial charge is 0.142 e. The van der Waals surface area contributed by atoms with E-state index in [4.69, 9.17) is 9.47 Å². The van der Waals surface area contributed by atoms with E-state index in [1.807, 2.05) is 49.4 Å². The summed E-state index contributed by atoms with van der Waals surface area (Å²) in [5.74, 6) is 2.20. The fourth-order valence-corrected chi connectivity index (χ4v) is 3.28. The predicted octanol–water partition coefficient (Wildman–Crippen LogP) is 4.20. The number of benzene rings is 2. The molecular formula is C22H25N5O2. The summed E-state index contributed by atoms with van der Waals surface area (Å²) in [7, 11) is 0. The maximum atomic E-state index is 5.68. The van der Waals surface area contributed by atoms with Crippen LogP contribution in [0.2, 0.25) is 0 Å². The molecule has 29 heavy (non-hydrogen) atoms. The Morgan fingerprint density at radius 2 is 1.59 bits per heavy atom. The SMILES string of the molecule is CCOc1ccccc1Nc1cc(Nc2ccccc2N2CCOCC2)ncn1. The maximum absolute atomic E-state index is 5.68. The molecule has 3 aromatic rings. The summed E-state index contributed by atoms with van der Waals surface area (Å²) in [5, 5.41) is 6.75. The van der Waals surface area contributed by atoms with Crippen LogP contribution in [0, 0.1) is 0 Å². The van der Waals surface area contributed by atoms with Gasteiger partial charge in [-0.15, -0.1) is 0 Å². The third kappa shape index (κ3) is 4.75. The van der Waals surface area contributed by atoms with Gasteiger partial charge in [-0.2, -0.15) is 0 Å². The number of ether oxygens (including phenoxy) is 2. The standard InChI is InChI=1S/C22H25N5O2/c1-2-29-20-10-6-4-8-18(20)26-22-15-21(23-16-24-22)25-17-7-3-5-9-19(17)27-11-13-28-14-12-27/h3-10,15-16H,2,11-14H2,1H3,(H2,23,24,25,26). The molecule has 7 heteroatoms. The molecule has 0 bridgehead atoms. The van der Waals surface area contributed by atoms with Crippen LogP contribution in [-0.2, 0) is 4.74 Å². The summed E-state index contributed by atoms with van der Waals surface area (Å²) in [5.41, 5.74) is 3.02. The van der Waals surface area contributed by atoms with Crippen LogP contribution >= 0.6 is 0 Å². The zero-order valence-electron chi connectivity index (χ0n) is 16.5. The lowest BCUT2D eigenvalue weighted by molar-refractivity contribution is 0.123. The van der Waals surface area contributed by atoms with Gasteiger partial charge in [0, 0.05) is 19.2 Å². The first-order valence-electron chi connectivity index (χ1n) is 9.83. The monoisotopic (exact) mass is 391 g/mol. The van der Waals surface area contributed by atoms with Gasteiger partial charge in [0.15, 0.2) is 0 Å². The van der Waals surface area contributed by atoms with Crippen molar-refractivity contribution in [2.75, 3.05) is 48.4 Å². The van der Waals surface area contributed by atoms with Crippen LogP contribution in [0.25, 0.3) is 0 Å². The number of hydrogen-bond donors (Lipinski definition) is 2. The van der Waals surface area contributed by atoms with Crippen molar-refractivity contribution >= 4 is 28.7 Å². The number of hydrogen-bond acceptors (Lipinski definition) is 7. The van der Waals surface area contributed by atoms with Crippen molar-refractivity contribution in [3.63, 3.8) is 0 Å². The number of para-hydroxylation sites is 4. The molecule has 1 aliphatic rings. The van der Waals surface area contributed by atoms with Crippen LogP contribution in [0.1, 0.15) is 6.92 Å². The van der Waals surface area contributed by atoms with Crippen molar-refractivity contribution in [3.05, 3.63) is 60.9 Å². The van der Waals surface area contributed by atoms with E-state index in [9.17, 15) is 0 Å². The maximum Gasteiger partial charge on any atom is 0.142 e. The van der Waals surface area contributed by atoms with Crippen molar-refractivity contribution in [1.29, 1.82) is 0 Å². The summed E-state index contributed by atoms with van der Waals surface area (Å²) < 4.78 is 11.2. The van der Waals surface area contributed by atoms with Crippen LogP contribution in [0.4, 0.5) is 28.7 Å². The summed E-state index contributed by atoms with van der Waals surface area (Å²) in [6.07, 6.45) is 1.55. The Morgan fingerprint density at radius 3 is 2.34 bits per heavy atom. The highest BCUT2D eigenvalue weighted by atomic mass is 16.5. The number of aromatic nitrogens is 2. The Morgan fingerprint density at radius 1 is 0.931 bits per heavy atom. The molecule has 2 aromatic carbocycles. The van der Waals surface area contributed by atoms with E-state index in [-0.39, 0.29) is 0 Å².